The molecule has 5 nitrogen and oxygen atoms in total. The maximum Gasteiger partial charge on any atom is 0.303 e. The number of carboxylic acid groups (broad SMARTS) is 1. The molecule has 1 aliphatic rings. The van der Waals surface area contributed by atoms with Crippen LogP contribution in [0.4, 0.5) is 0 Å². The van der Waals surface area contributed by atoms with Gasteiger partial charge in [0.05, 0.1) is 0 Å². The van der Waals surface area contributed by atoms with Crippen LogP contribution in [-0.2, 0) is 17.8 Å². The van der Waals surface area contributed by atoms with E-state index in [1.807, 2.05) is 36.4 Å². The van der Waals surface area contributed by atoms with Crippen LogP contribution >= 0.6 is 0 Å². The number of nitrogens with one attached hydrogen (secondary N) is 1. The number of para-hydroxylation sites is 1. The molecular formula is C19H21NO4. The lowest BCUT2D eigenvalue weighted by molar-refractivity contribution is -0.137. The van der Waals surface area contributed by atoms with Crippen molar-refractivity contribution in [2.75, 3.05) is 6.79 Å². The Morgan fingerprint density at radius 1 is 1.12 bits per heavy atom. The van der Waals surface area contributed by atoms with E-state index in [2.05, 4.69) is 17.4 Å². The van der Waals surface area contributed by atoms with Crippen LogP contribution in [-0.4, -0.2) is 23.9 Å². The second-order valence-electron chi connectivity index (χ2n) is 5.85. The molecule has 0 amide bonds. The third-order valence-corrected chi connectivity index (χ3v) is 4.09. The molecule has 0 aromatic heterocycles. The van der Waals surface area contributed by atoms with Crippen LogP contribution < -0.4 is 14.8 Å². The molecule has 5 heteroatoms. The molecule has 1 aliphatic heterocycles. The van der Waals surface area contributed by atoms with Gasteiger partial charge in [0.25, 0.3) is 0 Å². The fourth-order valence-electron chi connectivity index (χ4n) is 2.86. The van der Waals surface area contributed by atoms with Crippen molar-refractivity contribution >= 4 is 5.97 Å². The molecule has 3 rings (SSSR count). The standard InChI is InChI=1S/C19H21NO4/c21-18(22)10-9-16(11-14-5-2-1-3-6-14)20-12-15-7-4-8-17-19(15)24-13-23-17/h1-8,16,20H,9-13H2,(H,21,22). The van der Waals surface area contributed by atoms with E-state index in [-0.39, 0.29) is 19.3 Å². The maximum atomic E-state index is 10.9. The summed E-state index contributed by atoms with van der Waals surface area (Å²) >= 11 is 0. The van der Waals surface area contributed by atoms with E-state index in [0.29, 0.717) is 13.0 Å². The molecule has 0 bridgehead atoms. The number of carboxylic acids is 1. The number of ether oxygens (including phenoxy) is 2. The molecule has 0 saturated carbocycles. The molecular weight excluding hydrogens is 306 g/mol. The van der Waals surface area contributed by atoms with Crippen molar-refractivity contribution < 1.29 is 19.4 Å². The van der Waals surface area contributed by atoms with Gasteiger partial charge in [-0.25, -0.2) is 0 Å². The van der Waals surface area contributed by atoms with E-state index < -0.39 is 5.97 Å². The number of hydrogen-bond donors (Lipinski definition) is 2. The van der Waals surface area contributed by atoms with Crippen LogP contribution in [0.2, 0.25) is 0 Å². The predicted octanol–water partition coefficient (Wildman–Crippen LogP) is 2.98. The SMILES string of the molecule is O=C(O)CCC(Cc1ccccc1)NCc1cccc2c1OCO2. The predicted molar refractivity (Wildman–Crippen MR) is 90.2 cm³/mol. The van der Waals surface area contributed by atoms with Crippen LogP contribution in [0.5, 0.6) is 11.5 Å². The molecule has 2 aromatic carbocycles. The van der Waals surface area contributed by atoms with Gasteiger partial charge in [-0.2, -0.15) is 0 Å². The number of benzene rings is 2. The highest BCUT2D eigenvalue weighted by molar-refractivity contribution is 5.66. The Labute approximate surface area is 141 Å². The molecule has 1 unspecified atom stereocenters. The topological polar surface area (TPSA) is 67.8 Å². The Morgan fingerprint density at radius 3 is 2.75 bits per heavy atom. The van der Waals surface area contributed by atoms with Gasteiger partial charge in [0, 0.05) is 24.6 Å². The maximum absolute atomic E-state index is 10.9. The molecule has 0 saturated heterocycles. The zero-order chi connectivity index (χ0) is 16.8. The van der Waals surface area contributed by atoms with Crippen LogP contribution in [0.3, 0.4) is 0 Å². The summed E-state index contributed by atoms with van der Waals surface area (Å²) < 4.78 is 10.9. The number of fused-ring (bicyclic) bond motifs is 1. The minimum Gasteiger partial charge on any atom is -0.481 e. The number of aliphatic carboxylic acids is 1. The Morgan fingerprint density at radius 2 is 1.96 bits per heavy atom. The van der Waals surface area contributed by atoms with E-state index in [1.165, 1.54) is 5.56 Å². The van der Waals surface area contributed by atoms with Gasteiger partial charge in [-0.1, -0.05) is 42.5 Å². The van der Waals surface area contributed by atoms with Crippen molar-refractivity contribution in [1.29, 1.82) is 0 Å². The highest BCUT2D eigenvalue weighted by Gasteiger charge is 2.18. The largest absolute Gasteiger partial charge is 0.481 e. The first-order chi connectivity index (χ1) is 11.7. The second-order valence-corrected chi connectivity index (χ2v) is 5.85. The molecule has 24 heavy (non-hydrogen) atoms. The van der Waals surface area contributed by atoms with Crippen LogP contribution in [0.1, 0.15) is 24.0 Å². The highest BCUT2D eigenvalue weighted by Crippen LogP contribution is 2.35. The summed E-state index contributed by atoms with van der Waals surface area (Å²) in [4.78, 5) is 10.9. The minimum absolute atomic E-state index is 0.0849. The van der Waals surface area contributed by atoms with Crippen molar-refractivity contribution in [2.45, 2.75) is 31.8 Å². The van der Waals surface area contributed by atoms with E-state index in [9.17, 15) is 4.79 Å². The van der Waals surface area contributed by atoms with Gasteiger partial charge in [0.2, 0.25) is 6.79 Å². The monoisotopic (exact) mass is 327 g/mol. The zero-order valence-corrected chi connectivity index (χ0v) is 13.4. The fraction of sp³-hybridized carbons (Fsp3) is 0.316. The molecule has 2 aromatic rings. The van der Waals surface area contributed by atoms with E-state index >= 15 is 0 Å². The van der Waals surface area contributed by atoms with Gasteiger partial charge < -0.3 is 19.9 Å². The average molecular weight is 327 g/mol. The lowest BCUT2D eigenvalue weighted by atomic mass is 10.0. The van der Waals surface area contributed by atoms with Crippen LogP contribution in [0.25, 0.3) is 0 Å². The molecule has 0 fully saturated rings. The molecule has 0 aliphatic carbocycles. The Kier molecular flexibility index (Phi) is 5.33. The first-order valence-corrected chi connectivity index (χ1v) is 8.09. The quantitative estimate of drug-likeness (QED) is 0.780. The lowest BCUT2D eigenvalue weighted by Crippen LogP contribution is -2.31. The molecule has 1 atom stereocenters. The molecule has 2 N–H and O–H groups in total. The summed E-state index contributed by atoms with van der Waals surface area (Å²) in [6.07, 6.45) is 1.52. The van der Waals surface area contributed by atoms with Gasteiger partial charge in [0.15, 0.2) is 11.5 Å². The van der Waals surface area contributed by atoms with Crippen molar-refractivity contribution in [3.05, 3.63) is 59.7 Å². The minimum atomic E-state index is -0.771. The van der Waals surface area contributed by atoms with Crippen molar-refractivity contribution in [1.82, 2.24) is 5.32 Å². The summed E-state index contributed by atoms with van der Waals surface area (Å²) in [6, 6.07) is 16.0. The number of rotatable bonds is 8. The van der Waals surface area contributed by atoms with Gasteiger partial charge in [-0.15, -0.1) is 0 Å². The summed E-state index contributed by atoms with van der Waals surface area (Å²) in [5.41, 5.74) is 2.22. The van der Waals surface area contributed by atoms with Crippen molar-refractivity contribution in [3.63, 3.8) is 0 Å². The normalized spacial score (nSPS) is 13.7. The highest BCUT2D eigenvalue weighted by atomic mass is 16.7. The summed E-state index contributed by atoms with van der Waals surface area (Å²) in [5.74, 6) is 0.772. The molecule has 0 radical (unpaired) electrons. The van der Waals surface area contributed by atoms with Crippen LogP contribution in [0.15, 0.2) is 48.5 Å². The molecule has 126 valence electrons. The first-order valence-electron chi connectivity index (χ1n) is 8.09. The van der Waals surface area contributed by atoms with Gasteiger partial charge in [-0.3, -0.25) is 4.79 Å². The number of carbonyl (C=O) groups is 1. The lowest BCUT2D eigenvalue weighted by Gasteiger charge is -2.19. The number of hydrogen-bond acceptors (Lipinski definition) is 4. The average Bonchev–Trinajstić information content (AvgIpc) is 3.07. The van der Waals surface area contributed by atoms with Gasteiger partial charge in [0.1, 0.15) is 0 Å². The van der Waals surface area contributed by atoms with E-state index in [0.717, 1.165) is 23.5 Å². The fourth-order valence-corrected chi connectivity index (χ4v) is 2.86. The third-order valence-electron chi connectivity index (χ3n) is 4.09. The first kappa shape index (κ1) is 16.3. The summed E-state index contributed by atoms with van der Waals surface area (Å²) in [5, 5.41) is 12.4. The smallest absolute Gasteiger partial charge is 0.303 e. The van der Waals surface area contributed by atoms with Crippen molar-refractivity contribution in [2.24, 2.45) is 0 Å². The van der Waals surface area contributed by atoms with Gasteiger partial charge >= 0.3 is 5.97 Å². The Bertz CT molecular complexity index is 687. The van der Waals surface area contributed by atoms with E-state index in [4.69, 9.17) is 14.6 Å². The second kappa shape index (κ2) is 7.84. The van der Waals surface area contributed by atoms with Crippen LogP contribution in [0, 0.1) is 0 Å². The molecule has 1 heterocycles. The Hall–Kier alpha value is -2.53. The summed E-state index contributed by atoms with van der Waals surface area (Å²) in [7, 11) is 0. The third kappa shape index (κ3) is 4.26. The summed E-state index contributed by atoms with van der Waals surface area (Å²) in [6.45, 7) is 0.864. The Balaban J connectivity index is 1.65. The van der Waals surface area contributed by atoms with Gasteiger partial charge in [-0.05, 0) is 24.5 Å². The molecule has 0 spiro atoms. The van der Waals surface area contributed by atoms with Crippen molar-refractivity contribution in [3.8, 4) is 11.5 Å². The zero-order valence-electron chi connectivity index (χ0n) is 13.4. The van der Waals surface area contributed by atoms with E-state index in [1.54, 1.807) is 0 Å².